The fourth-order valence-corrected chi connectivity index (χ4v) is 2.58. The number of aromatic nitrogens is 2. The van der Waals surface area contributed by atoms with E-state index in [-0.39, 0.29) is 5.91 Å². The van der Waals surface area contributed by atoms with Crippen molar-refractivity contribution in [2.75, 3.05) is 18.4 Å². The van der Waals surface area contributed by atoms with Crippen LogP contribution in [0.25, 0.3) is 0 Å². The Morgan fingerprint density at radius 1 is 1.17 bits per heavy atom. The molecule has 1 aromatic carbocycles. The normalized spacial score (nSPS) is 14.1. The lowest BCUT2D eigenvalue weighted by atomic mass is 10.1. The second kappa shape index (κ2) is 6.88. The molecule has 6 heteroatoms. The fourth-order valence-electron chi connectivity index (χ4n) is 2.58. The van der Waals surface area contributed by atoms with Crippen molar-refractivity contribution in [2.24, 2.45) is 0 Å². The zero-order chi connectivity index (χ0) is 16.1. The van der Waals surface area contributed by atoms with Crippen LogP contribution in [0.1, 0.15) is 35.3 Å². The molecule has 0 bridgehead atoms. The Hall–Kier alpha value is -2.94. The number of hydrogen-bond acceptors (Lipinski definition) is 5. The molecular weight excluding hydrogens is 290 g/mol. The zero-order valence-corrected chi connectivity index (χ0v) is 12.7. The predicted molar refractivity (Wildman–Crippen MR) is 86.2 cm³/mol. The minimum absolute atomic E-state index is 0.0600. The van der Waals surface area contributed by atoms with Gasteiger partial charge in [0.15, 0.2) is 0 Å². The van der Waals surface area contributed by atoms with Gasteiger partial charge >= 0.3 is 0 Å². The summed E-state index contributed by atoms with van der Waals surface area (Å²) in [4.78, 5) is 22.6. The van der Waals surface area contributed by atoms with Gasteiger partial charge in [-0.15, -0.1) is 0 Å². The highest BCUT2D eigenvalue weighted by Crippen LogP contribution is 2.16. The Morgan fingerprint density at radius 3 is 2.70 bits per heavy atom. The van der Waals surface area contributed by atoms with E-state index in [0.29, 0.717) is 17.1 Å². The molecule has 0 atom stereocenters. The van der Waals surface area contributed by atoms with Crippen molar-refractivity contribution < 1.29 is 4.79 Å². The van der Waals surface area contributed by atoms with Crippen LogP contribution in [0.3, 0.4) is 0 Å². The summed E-state index contributed by atoms with van der Waals surface area (Å²) in [5.41, 5.74) is 1.69. The Labute approximate surface area is 134 Å². The number of likely N-dealkylation sites (tertiary alicyclic amines) is 1. The molecule has 1 amide bonds. The molecule has 1 aliphatic rings. The molecule has 0 spiro atoms. The lowest BCUT2D eigenvalue weighted by Gasteiger charge is -2.26. The van der Waals surface area contributed by atoms with Crippen LogP contribution in [0.4, 0.5) is 11.5 Å². The van der Waals surface area contributed by atoms with Gasteiger partial charge in [0.2, 0.25) is 0 Å². The molecule has 1 aliphatic heterocycles. The molecule has 0 unspecified atom stereocenters. The summed E-state index contributed by atoms with van der Waals surface area (Å²) in [7, 11) is 0. The Bertz CT molecular complexity index is 729. The first kappa shape index (κ1) is 15.0. The van der Waals surface area contributed by atoms with Crippen molar-refractivity contribution in [3.63, 3.8) is 0 Å². The predicted octanol–water partition coefficient (Wildman–Crippen LogP) is 2.72. The number of nitrogens with one attached hydrogen (secondary N) is 1. The van der Waals surface area contributed by atoms with Crippen molar-refractivity contribution in [3.05, 3.63) is 47.9 Å². The molecule has 1 saturated heterocycles. The number of nitrogens with zero attached hydrogens (tertiary/aromatic N) is 4. The van der Waals surface area contributed by atoms with Gasteiger partial charge in [0.25, 0.3) is 5.91 Å². The van der Waals surface area contributed by atoms with Crippen molar-refractivity contribution in [1.29, 1.82) is 5.26 Å². The van der Waals surface area contributed by atoms with Crippen molar-refractivity contribution >= 4 is 17.4 Å². The van der Waals surface area contributed by atoms with Gasteiger partial charge in [-0.05, 0) is 37.5 Å². The van der Waals surface area contributed by atoms with Crippen LogP contribution < -0.4 is 5.32 Å². The Balaban J connectivity index is 1.69. The van der Waals surface area contributed by atoms with E-state index in [1.807, 2.05) is 11.0 Å². The molecule has 3 rings (SSSR count). The number of nitriles is 1. The molecule has 6 nitrogen and oxygen atoms in total. The minimum Gasteiger partial charge on any atom is -0.339 e. The molecule has 2 heterocycles. The third kappa shape index (κ3) is 3.64. The molecule has 0 saturated carbocycles. The van der Waals surface area contributed by atoms with Crippen LogP contribution in [-0.2, 0) is 0 Å². The standard InChI is InChI=1S/C17H17N5O/c18-10-13-5-4-6-14(9-13)21-16-12-19-15(11-20-16)17(23)22-7-2-1-3-8-22/h4-6,9,11-12H,1-3,7-8H2,(H,20,21). The minimum atomic E-state index is -0.0600. The first-order valence-corrected chi connectivity index (χ1v) is 7.65. The molecule has 0 radical (unpaired) electrons. The summed E-state index contributed by atoms with van der Waals surface area (Å²) in [6, 6.07) is 9.19. The summed E-state index contributed by atoms with van der Waals surface area (Å²) in [6.07, 6.45) is 6.31. The van der Waals surface area contributed by atoms with Gasteiger partial charge in [0.05, 0.1) is 24.0 Å². The van der Waals surface area contributed by atoms with Crippen molar-refractivity contribution in [2.45, 2.75) is 19.3 Å². The molecule has 1 N–H and O–H groups in total. The number of rotatable bonds is 3. The van der Waals surface area contributed by atoms with Crippen LogP contribution in [0.15, 0.2) is 36.7 Å². The van der Waals surface area contributed by atoms with Crippen LogP contribution in [0.2, 0.25) is 0 Å². The van der Waals surface area contributed by atoms with Gasteiger partial charge in [0.1, 0.15) is 11.5 Å². The highest BCUT2D eigenvalue weighted by atomic mass is 16.2. The molecule has 2 aromatic rings. The summed E-state index contributed by atoms with van der Waals surface area (Å²) < 4.78 is 0. The summed E-state index contributed by atoms with van der Waals surface area (Å²) in [6.45, 7) is 1.59. The van der Waals surface area contributed by atoms with Crippen LogP contribution >= 0.6 is 0 Å². The number of amides is 1. The van der Waals surface area contributed by atoms with Gasteiger partial charge in [0, 0.05) is 18.8 Å². The average molecular weight is 307 g/mol. The molecule has 0 aliphatic carbocycles. The summed E-state index contributed by atoms with van der Waals surface area (Å²) in [5, 5.41) is 12.0. The lowest BCUT2D eigenvalue weighted by molar-refractivity contribution is 0.0718. The Kier molecular flexibility index (Phi) is 4.48. The number of carbonyl (C=O) groups is 1. The second-order valence-electron chi connectivity index (χ2n) is 5.46. The number of anilines is 2. The van der Waals surface area contributed by atoms with E-state index in [0.717, 1.165) is 31.6 Å². The van der Waals surface area contributed by atoms with Gasteiger partial charge < -0.3 is 10.2 Å². The second-order valence-corrected chi connectivity index (χ2v) is 5.46. The van der Waals surface area contributed by atoms with Crippen LogP contribution in [0, 0.1) is 11.3 Å². The number of benzene rings is 1. The van der Waals surface area contributed by atoms with E-state index < -0.39 is 0 Å². The molecule has 23 heavy (non-hydrogen) atoms. The van der Waals surface area contributed by atoms with E-state index in [9.17, 15) is 4.79 Å². The third-order valence-electron chi connectivity index (χ3n) is 3.78. The molecule has 1 aromatic heterocycles. The van der Waals surface area contributed by atoms with Gasteiger partial charge in [-0.3, -0.25) is 4.79 Å². The number of carbonyl (C=O) groups excluding carboxylic acids is 1. The molecule has 1 fully saturated rings. The summed E-state index contributed by atoms with van der Waals surface area (Å²) in [5.74, 6) is 0.477. The lowest BCUT2D eigenvalue weighted by Crippen LogP contribution is -2.36. The van der Waals surface area contributed by atoms with Crippen molar-refractivity contribution in [3.8, 4) is 6.07 Å². The summed E-state index contributed by atoms with van der Waals surface area (Å²) >= 11 is 0. The first-order chi connectivity index (χ1) is 11.3. The van der Waals surface area contributed by atoms with E-state index >= 15 is 0 Å². The van der Waals surface area contributed by atoms with E-state index in [4.69, 9.17) is 5.26 Å². The van der Waals surface area contributed by atoms with Crippen LogP contribution in [0.5, 0.6) is 0 Å². The maximum atomic E-state index is 12.3. The van der Waals surface area contributed by atoms with Gasteiger partial charge in [-0.2, -0.15) is 5.26 Å². The Morgan fingerprint density at radius 2 is 2.00 bits per heavy atom. The largest absolute Gasteiger partial charge is 0.339 e. The van der Waals surface area contributed by atoms with Gasteiger partial charge in [-0.25, -0.2) is 9.97 Å². The molecule has 116 valence electrons. The monoisotopic (exact) mass is 307 g/mol. The van der Waals surface area contributed by atoms with E-state index in [1.165, 1.54) is 18.8 Å². The highest BCUT2D eigenvalue weighted by molar-refractivity contribution is 5.92. The fraction of sp³-hybridized carbons (Fsp3) is 0.294. The quantitative estimate of drug-likeness (QED) is 0.942. The number of piperidine rings is 1. The van der Waals surface area contributed by atoms with Gasteiger partial charge in [-0.1, -0.05) is 6.07 Å². The molecular formula is C17H17N5O. The SMILES string of the molecule is N#Cc1cccc(Nc2cnc(C(=O)N3CCCCC3)cn2)c1. The first-order valence-electron chi connectivity index (χ1n) is 7.65. The van der Waals surface area contributed by atoms with Crippen molar-refractivity contribution in [1.82, 2.24) is 14.9 Å². The number of hydrogen-bond donors (Lipinski definition) is 1. The maximum absolute atomic E-state index is 12.3. The average Bonchev–Trinajstić information content (AvgIpc) is 2.63. The smallest absolute Gasteiger partial charge is 0.274 e. The van der Waals surface area contributed by atoms with Crippen LogP contribution in [-0.4, -0.2) is 33.9 Å². The zero-order valence-electron chi connectivity index (χ0n) is 12.7. The topological polar surface area (TPSA) is 81.9 Å². The van der Waals surface area contributed by atoms with E-state index in [2.05, 4.69) is 21.4 Å². The third-order valence-corrected chi connectivity index (χ3v) is 3.78. The highest BCUT2D eigenvalue weighted by Gasteiger charge is 2.19. The van der Waals surface area contributed by atoms with E-state index in [1.54, 1.807) is 18.2 Å². The maximum Gasteiger partial charge on any atom is 0.274 e.